The lowest BCUT2D eigenvalue weighted by Gasteiger charge is -2.31. The number of hydrogen-bond donors (Lipinski definition) is 1. The van der Waals surface area contributed by atoms with E-state index in [0.717, 1.165) is 23.7 Å². The van der Waals surface area contributed by atoms with Crippen LogP contribution in [0.5, 0.6) is 0 Å². The average Bonchev–Trinajstić information content (AvgIpc) is 2.37. The highest BCUT2D eigenvalue weighted by molar-refractivity contribution is 6.30. The van der Waals surface area contributed by atoms with E-state index in [0.29, 0.717) is 12.5 Å². The van der Waals surface area contributed by atoms with Crippen molar-refractivity contribution in [3.63, 3.8) is 0 Å². The van der Waals surface area contributed by atoms with Gasteiger partial charge in [-0.05, 0) is 44.0 Å². The molecular weight excluding hydrogens is 234 g/mol. The summed E-state index contributed by atoms with van der Waals surface area (Å²) in [7, 11) is 0. The molecule has 1 aromatic carbocycles. The van der Waals surface area contributed by atoms with Crippen LogP contribution in [-0.4, -0.2) is 19.7 Å². The molecule has 0 unspecified atom stereocenters. The fourth-order valence-corrected chi connectivity index (χ4v) is 2.65. The third-order valence-corrected chi connectivity index (χ3v) is 3.47. The first kappa shape index (κ1) is 12.9. The third-order valence-electron chi connectivity index (χ3n) is 3.24. The zero-order valence-corrected chi connectivity index (χ0v) is 10.7. The molecule has 2 nitrogen and oxygen atoms in total. The van der Waals surface area contributed by atoms with Gasteiger partial charge in [0.1, 0.15) is 0 Å². The van der Waals surface area contributed by atoms with Crippen LogP contribution in [0.4, 0.5) is 0 Å². The maximum atomic E-state index is 6.04. The Hall–Kier alpha value is -0.570. The Balaban J connectivity index is 2.15. The molecule has 0 aliphatic carbocycles. The molecule has 1 aliphatic rings. The second-order valence-electron chi connectivity index (χ2n) is 4.45. The van der Waals surface area contributed by atoms with E-state index in [4.69, 9.17) is 16.3 Å². The highest BCUT2D eigenvalue weighted by Gasteiger charge is 2.25. The van der Waals surface area contributed by atoms with Gasteiger partial charge in [0.2, 0.25) is 0 Å². The van der Waals surface area contributed by atoms with Gasteiger partial charge in [-0.3, -0.25) is 0 Å². The molecule has 1 aliphatic heterocycles. The Morgan fingerprint density at radius 1 is 1.53 bits per heavy atom. The van der Waals surface area contributed by atoms with E-state index in [1.165, 1.54) is 12.8 Å². The van der Waals surface area contributed by atoms with Crippen molar-refractivity contribution >= 4 is 11.6 Å². The topological polar surface area (TPSA) is 21.3 Å². The molecular formula is C14H19ClNO. The first-order valence-electron chi connectivity index (χ1n) is 6.18. The van der Waals surface area contributed by atoms with Crippen LogP contribution >= 0.6 is 11.6 Å². The standard InChI is InChI=1S/C14H19ClNO/c1-2-17-14(12-6-4-8-16-10-12)11-5-3-7-13(15)9-11/h3,5,7,9,12,14,16H,1-2,4,6,8,10H2/t12-,14+/m1/s1. The van der Waals surface area contributed by atoms with Crippen LogP contribution < -0.4 is 5.32 Å². The zero-order valence-electron chi connectivity index (χ0n) is 9.99. The Labute approximate surface area is 108 Å². The summed E-state index contributed by atoms with van der Waals surface area (Å²) in [6.07, 6.45) is 2.52. The van der Waals surface area contributed by atoms with Gasteiger partial charge >= 0.3 is 0 Å². The summed E-state index contributed by atoms with van der Waals surface area (Å²) in [5, 5.41) is 4.19. The van der Waals surface area contributed by atoms with Crippen molar-refractivity contribution in [1.82, 2.24) is 5.32 Å². The molecule has 1 heterocycles. The molecule has 0 saturated carbocycles. The Bertz CT molecular complexity index is 350. The SMILES string of the molecule is [CH2]CO[C@@H](c1cccc(Cl)c1)[C@@H]1CCCNC1. The minimum Gasteiger partial charge on any atom is -0.373 e. The molecule has 2 rings (SSSR count). The molecule has 0 aromatic heterocycles. The predicted octanol–water partition coefficient (Wildman–Crippen LogP) is 3.23. The summed E-state index contributed by atoms with van der Waals surface area (Å²) in [5.41, 5.74) is 1.16. The molecule has 0 bridgehead atoms. The maximum absolute atomic E-state index is 6.04. The second kappa shape index (κ2) is 6.39. The van der Waals surface area contributed by atoms with Gasteiger partial charge in [-0.15, -0.1) is 0 Å². The summed E-state index contributed by atoms with van der Waals surface area (Å²) in [6.45, 7) is 6.41. The van der Waals surface area contributed by atoms with E-state index in [2.05, 4.69) is 18.3 Å². The van der Waals surface area contributed by atoms with Crippen molar-refractivity contribution < 1.29 is 4.74 Å². The quantitative estimate of drug-likeness (QED) is 0.888. The molecule has 1 aromatic rings. The average molecular weight is 253 g/mol. The molecule has 93 valence electrons. The number of benzene rings is 1. The summed E-state index contributed by atoms with van der Waals surface area (Å²) in [6, 6.07) is 7.95. The number of nitrogens with one attached hydrogen (secondary N) is 1. The van der Waals surface area contributed by atoms with Gasteiger partial charge in [-0.2, -0.15) is 0 Å². The van der Waals surface area contributed by atoms with E-state index in [1.807, 2.05) is 18.2 Å². The van der Waals surface area contributed by atoms with Gasteiger partial charge in [0.25, 0.3) is 0 Å². The molecule has 3 heteroatoms. The van der Waals surface area contributed by atoms with Crippen LogP contribution in [0, 0.1) is 12.8 Å². The third kappa shape index (κ3) is 3.44. The number of ether oxygens (including phenoxy) is 1. The van der Waals surface area contributed by atoms with Crippen molar-refractivity contribution in [3.05, 3.63) is 41.8 Å². The van der Waals surface area contributed by atoms with E-state index in [-0.39, 0.29) is 6.10 Å². The van der Waals surface area contributed by atoms with Crippen molar-refractivity contribution in [3.8, 4) is 0 Å². The number of rotatable bonds is 4. The number of piperidine rings is 1. The fraction of sp³-hybridized carbons (Fsp3) is 0.500. The summed E-state index contributed by atoms with van der Waals surface area (Å²) in [4.78, 5) is 0. The largest absolute Gasteiger partial charge is 0.373 e. The first-order chi connectivity index (χ1) is 8.31. The van der Waals surface area contributed by atoms with Crippen LogP contribution in [0.25, 0.3) is 0 Å². The lowest BCUT2D eigenvalue weighted by Crippen LogP contribution is -2.34. The minimum absolute atomic E-state index is 0.110. The number of halogens is 1. The van der Waals surface area contributed by atoms with Crippen LogP contribution in [0.2, 0.25) is 5.02 Å². The normalized spacial score (nSPS) is 22.4. The predicted molar refractivity (Wildman–Crippen MR) is 71.1 cm³/mol. The monoisotopic (exact) mass is 252 g/mol. The minimum atomic E-state index is 0.110. The van der Waals surface area contributed by atoms with E-state index in [1.54, 1.807) is 0 Å². The van der Waals surface area contributed by atoms with Gasteiger partial charge < -0.3 is 10.1 Å². The fourth-order valence-electron chi connectivity index (χ4n) is 2.45. The molecule has 0 spiro atoms. The highest BCUT2D eigenvalue weighted by Crippen LogP contribution is 2.31. The van der Waals surface area contributed by atoms with Crippen LogP contribution in [0.15, 0.2) is 24.3 Å². The summed E-state index contributed by atoms with van der Waals surface area (Å²) < 4.78 is 5.81. The Morgan fingerprint density at radius 3 is 3.06 bits per heavy atom. The van der Waals surface area contributed by atoms with Crippen molar-refractivity contribution in [1.29, 1.82) is 0 Å². The molecule has 1 N–H and O–H groups in total. The molecule has 1 saturated heterocycles. The van der Waals surface area contributed by atoms with Gasteiger partial charge in [0.15, 0.2) is 0 Å². The van der Waals surface area contributed by atoms with Gasteiger partial charge in [-0.1, -0.05) is 23.7 Å². The van der Waals surface area contributed by atoms with Crippen molar-refractivity contribution in [2.24, 2.45) is 5.92 Å². The lowest BCUT2D eigenvalue weighted by molar-refractivity contribution is 0.0181. The summed E-state index contributed by atoms with van der Waals surface area (Å²) >= 11 is 6.04. The van der Waals surface area contributed by atoms with Crippen LogP contribution in [0.1, 0.15) is 24.5 Å². The van der Waals surface area contributed by atoms with Gasteiger partial charge in [0, 0.05) is 24.1 Å². The smallest absolute Gasteiger partial charge is 0.0865 e. The van der Waals surface area contributed by atoms with E-state index in [9.17, 15) is 0 Å². The van der Waals surface area contributed by atoms with Gasteiger partial charge in [0.05, 0.1) is 6.10 Å². The molecule has 17 heavy (non-hydrogen) atoms. The van der Waals surface area contributed by atoms with E-state index < -0.39 is 0 Å². The zero-order chi connectivity index (χ0) is 12.1. The Kier molecular flexibility index (Phi) is 4.84. The molecule has 0 amide bonds. The first-order valence-corrected chi connectivity index (χ1v) is 6.56. The van der Waals surface area contributed by atoms with Crippen LogP contribution in [-0.2, 0) is 4.74 Å². The second-order valence-corrected chi connectivity index (χ2v) is 4.89. The lowest BCUT2D eigenvalue weighted by atomic mass is 9.89. The maximum Gasteiger partial charge on any atom is 0.0865 e. The summed E-state index contributed by atoms with van der Waals surface area (Å²) in [5.74, 6) is 0.518. The van der Waals surface area contributed by atoms with Crippen LogP contribution in [0.3, 0.4) is 0 Å². The number of hydrogen-bond acceptors (Lipinski definition) is 2. The highest BCUT2D eigenvalue weighted by atomic mass is 35.5. The van der Waals surface area contributed by atoms with Crippen molar-refractivity contribution in [2.75, 3.05) is 19.7 Å². The molecule has 1 fully saturated rings. The Morgan fingerprint density at radius 2 is 2.41 bits per heavy atom. The molecule has 1 radical (unpaired) electrons. The van der Waals surface area contributed by atoms with E-state index >= 15 is 0 Å². The van der Waals surface area contributed by atoms with Crippen molar-refractivity contribution in [2.45, 2.75) is 18.9 Å². The van der Waals surface area contributed by atoms with Gasteiger partial charge in [-0.25, -0.2) is 0 Å². The molecule has 2 atom stereocenters.